The summed E-state index contributed by atoms with van der Waals surface area (Å²) in [5.41, 5.74) is 1.88. The summed E-state index contributed by atoms with van der Waals surface area (Å²) >= 11 is 0. The zero-order chi connectivity index (χ0) is 13.6. The molecule has 1 amide bonds. The molecule has 4 heteroatoms. The van der Waals surface area contributed by atoms with Crippen LogP contribution in [-0.4, -0.2) is 21.9 Å². The average molecular weight is 258 g/mol. The van der Waals surface area contributed by atoms with Crippen molar-refractivity contribution in [3.63, 3.8) is 0 Å². The summed E-state index contributed by atoms with van der Waals surface area (Å²) < 4.78 is 7.67. The maximum Gasteiger partial charge on any atom is 0.258 e. The van der Waals surface area contributed by atoms with Crippen LogP contribution in [-0.2, 0) is 6.54 Å². The van der Waals surface area contributed by atoms with Crippen LogP contribution in [0.4, 0.5) is 0 Å². The second-order valence-electron chi connectivity index (χ2n) is 5.13. The molecule has 0 radical (unpaired) electrons. The molecular weight excluding hydrogens is 240 g/mol. The zero-order valence-corrected chi connectivity index (χ0v) is 11.5. The Balaban J connectivity index is 1.92. The largest absolute Gasteiger partial charge is 0.466 e. The predicted molar refractivity (Wildman–Crippen MR) is 72.1 cm³/mol. The molecule has 100 valence electrons. The molecule has 4 nitrogen and oxygen atoms in total. The number of carbonyl (C=O) groups is 1. The fourth-order valence-electron chi connectivity index (χ4n) is 2.85. The smallest absolute Gasteiger partial charge is 0.258 e. The standard InChI is InChI=1S/C15H18N2O2/c1-10-9-13(12(3)19-10)15(18)17-8-7-16-6-4-5-14(16)11(17)2/h4-6,9,11H,7-8H2,1-3H3. The van der Waals surface area contributed by atoms with E-state index in [-0.39, 0.29) is 11.9 Å². The molecule has 1 aliphatic rings. The summed E-state index contributed by atoms with van der Waals surface area (Å²) in [6.45, 7) is 7.39. The molecule has 0 aromatic carbocycles. The second-order valence-corrected chi connectivity index (χ2v) is 5.13. The van der Waals surface area contributed by atoms with Gasteiger partial charge in [-0.3, -0.25) is 4.79 Å². The Morgan fingerprint density at radius 2 is 2.16 bits per heavy atom. The molecule has 0 fully saturated rings. The van der Waals surface area contributed by atoms with Gasteiger partial charge in [-0.2, -0.15) is 0 Å². The van der Waals surface area contributed by atoms with Gasteiger partial charge in [0.15, 0.2) is 0 Å². The lowest BCUT2D eigenvalue weighted by Gasteiger charge is -2.34. The number of aryl methyl sites for hydroxylation is 2. The van der Waals surface area contributed by atoms with E-state index in [1.807, 2.05) is 30.9 Å². The average Bonchev–Trinajstić information content (AvgIpc) is 2.96. The van der Waals surface area contributed by atoms with Crippen LogP contribution in [0.25, 0.3) is 0 Å². The van der Waals surface area contributed by atoms with Gasteiger partial charge in [-0.1, -0.05) is 0 Å². The van der Waals surface area contributed by atoms with Crippen molar-refractivity contribution < 1.29 is 9.21 Å². The monoisotopic (exact) mass is 258 g/mol. The molecule has 1 unspecified atom stereocenters. The van der Waals surface area contributed by atoms with Crippen LogP contribution in [0.5, 0.6) is 0 Å². The summed E-state index contributed by atoms with van der Waals surface area (Å²) in [5.74, 6) is 1.55. The third kappa shape index (κ3) is 1.87. The first-order chi connectivity index (χ1) is 9.08. The fraction of sp³-hybridized carbons (Fsp3) is 0.400. The van der Waals surface area contributed by atoms with Crippen LogP contribution < -0.4 is 0 Å². The lowest BCUT2D eigenvalue weighted by atomic mass is 10.1. The van der Waals surface area contributed by atoms with E-state index in [4.69, 9.17) is 4.42 Å². The summed E-state index contributed by atoms with van der Waals surface area (Å²) in [7, 11) is 0. The highest BCUT2D eigenvalue weighted by molar-refractivity contribution is 5.95. The van der Waals surface area contributed by atoms with Crippen LogP contribution in [0.1, 0.15) is 40.5 Å². The molecule has 0 spiro atoms. The van der Waals surface area contributed by atoms with E-state index >= 15 is 0 Å². The van der Waals surface area contributed by atoms with Gasteiger partial charge in [0.25, 0.3) is 5.91 Å². The van der Waals surface area contributed by atoms with Crippen LogP contribution in [0, 0.1) is 13.8 Å². The molecule has 0 saturated heterocycles. The van der Waals surface area contributed by atoms with Gasteiger partial charge in [0.05, 0.1) is 11.6 Å². The van der Waals surface area contributed by atoms with Crippen molar-refractivity contribution in [2.24, 2.45) is 0 Å². The molecule has 1 atom stereocenters. The minimum absolute atomic E-state index is 0.0642. The van der Waals surface area contributed by atoms with Gasteiger partial charge >= 0.3 is 0 Å². The summed E-state index contributed by atoms with van der Waals surface area (Å²) in [6.07, 6.45) is 2.07. The second kappa shape index (κ2) is 4.30. The Hall–Kier alpha value is -1.97. The Morgan fingerprint density at radius 1 is 1.37 bits per heavy atom. The summed E-state index contributed by atoms with van der Waals surface area (Å²) in [6, 6.07) is 6.05. The van der Waals surface area contributed by atoms with Gasteiger partial charge in [-0.05, 0) is 39.0 Å². The topological polar surface area (TPSA) is 38.4 Å². The van der Waals surface area contributed by atoms with Crippen LogP contribution in [0.3, 0.4) is 0 Å². The maximum absolute atomic E-state index is 12.6. The van der Waals surface area contributed by atoms with Crippen molar-refractivity contribution in [1.29, 1.82) is 0 Å². The Labute approximate surface area is 112 Å². The van der Waals surface area contributed by atoms with Crippen LogP contribution >= 0.6 is 0 Å². The van der Waals surface area contributed by atoms with Gasteiger partial charge in [0.2, 0.25) is 0 Å². The van der Waals surface area contributed by atoms with E-state index < -0.39 is 0 Å². The van der Waals surface area contributed by atoms with E-state index in [2.05, 4.69) is 23.8 Å². The molecule has 3 rings (SSSR count). The first kappa shape index (κ1) is 12.1. The van der Waals surface area contributed by atoms with Crippen LogP contribution in [0.15, 0.2) is 28.8 Å². The molecule has 0 saturated carbocycles. The Bertz CT molecular complexity index is 624. The van der Waals surface area contributed by atoms with Gasteiger partial charge in [-0.15, -0.1) is 0 Å². The van der Waals surface area contributed by atoms with Crippen molar-refractivity contribution in [2.45, 2.75) is 33.4 Å². The van der Waals surface area contributed by atoms with Gasteiger partial charge < -0.3 is 13.9 Å². The maximum atomic E-state index is 12.6. The van der Waals surface area contributed by atoms with Gasteiger partial charge in [0.1, 0.15) is 11.5 Å². The molecular formula is C15H18N2O2. The highest BCUT2D eigenvalue weighted by Crippen LogP contribution is 2.28. The number of furan rings is 1. The molecule has 3 heterocycles. The van der Waals surface area contributed by atoms with E-state index in [0.29, 0.717) is 11.3 Å². The first-order valence-electron chi connectivity index (χ1n) is 6.61. The highest BCUT2D eigenvalue weighted by Gasteiger charge is 2.29. The lowest BCUT2D eigenvalue weighted by Crippen LogP contribution is -2.40. The van der Waals surface area contributed by atoms with E-state index in [0.717, 1.165) is 18.8 Å². The third-order valence-electron chi connectivity index (χ3n) is 3.87. The molecule has 2 aromatic heterocycles. The van der Waals surface area contributed by atoms with Crippen molar-refractivity contribution in [1.82, 2.24) is 9.47 Å². The van der Waals surface area contributed by atoms with Gasteiger partial charge in [0, 0.05) is 25.0 Å². The Morgan fingerprint density at radius 3 is 2.84 bits per heavy atom. The highest BCUT2D eigenvalue weighted by atomic mass is 16.3. The predicted octanol–water partition coefficient (Wildman–Crippen LogP) is 2.91. The third-order valence-corrected chi connectivity index (χ3v) is 3.87. The quantitative estimate of drug-likeness (QED) is 0.788. The van der Waals surface area contributed by atoms with Crippen molar-refractivity contribution >= 4 is 5.91 Å². The normalized spacial score (nSPS) is 18.5. The SMILES string of the molecule is Cc1cc(C(=O)N2CCn3cccc3C2C)c(C)o1. The molecule has 0 bridgehead atoms. The Kier molecular flexibility index (Phi) is 2.73. The number of amides is 1. The van der Waals surface area contributed by atoms with E-state index in [1.54, 1.807) is 0 Å². The number of hydrogen-bond donors (Lipinski definition) is 0. The molecule has 0 N–H and O–H groups in total. The number of aromatic nitrogens is 1. The lowest BCUT2D eigenvalue weighted by molar-refractivity contribution is 0.0642. The fourth-order valence-corrected chi connectivity index (χ4v) is 2.85. The molecule has 2 aromatic rings. The number of nitrogens with zero attached hydrogens (tertiary/aromatic N) is 2. The van der Waals surface area contributed by atoms with Gasteiger partial charge in [-0.25, -0.2) is 0 Å². The van der Waals surface area contributed by atoms with Crippen molar-refractivity contribution in [3.8, 4) is 0 Å². The minimum atomic E-state index is 0.0642. The number of carbonyl (C=O) groups excluding carboxylic acids is 1. The summed E-state index contributed by atoms with van der Waals surface area (Å²) in [5, 5.41) is 0. The number of hydrogen-bond acceptors (Lipinski definition) is 2. The van der Waals surface area contributed by atoms with E-state index in [1.165, 1.54) is 5.69 Å². The van der Waals surface area contributed by atoms with Crippen molar-refractivity contribution in [2.75, 3.05) is 6.54 Å². The summed E-state index contributed by atoms with van der Waals surface area (Å²) in [4.78, 5) is 14.6. The zero-order valence-electron chi connectivity index (χ0n) is 11.5. The molecule has 19 heavy (non-hydrogen) atoms. The molecule has 0 aliphatic carbocycles. The number of rotatable bonds is 1. The minimum Gasteiger partial charge on any atom is -0.466 e. The molecule has 1 aliphatic heterocycles. The number of fused-ring (bicyclic) bond motifs is 1. The van der Waals surface area contributed by atoms with Crippen LogP contribution in [0.2, 0.25) is 0 Å². The van der Waals surface area contributed by atoms with E-state index in [9.17, 15) is 4.79 Å². The van der Waals surface area contributed by atoms with Crippen molar-refractivity contribution in [3.05, 3.63) is 47.2 Å². The first-order valence-corrected chi connectivity index (χ1v) is 6.61.